The molecule has 1 aliphatic rings. The number of fused-ring (bicyclic) bond motifs is 3. The summed E-state index contributed by atoms with van der Waals surface area (Å²) in [7, 11) is 0. The lowest BCUT2D eigenvalue weighted by molar-refractivity contribution is 1.03. The normalized spacial score (nSPS) is 11.8. The maximum Gasteiger partial charge on any atom is 0.125 e. The van der Waals surface area contributed by atoms with Gasteiger partial charge in [0.15, 0.2) is 0 Å². The molecule has 0 saturated carbocycles. The van der Waals surface area contributed by atoms with Gasteiger partial charge in [-0.25, -0.2) is 9.97 Å². The molecule has 0 bridgehead atoms. The summed E-state index contributed by atoms with van der Waals surface area (Å²) >= 11 is 0. The average molecular weight is 221 g/mol. The van der Waals surface area contributed by atoms with E-state index >= 15 is 0 Å². The van der Waals surface area contributed by atoms with Gasteiger partial charge in [-0.1, -0.05) is 6.07 Å². The number of nitriles is 1. The second-order valence-electron chi connectivity index (χ2n) is 4.36. The van der Waals surface area contributed by atoms with Crippen LogP contribution >= 0.6 is 0 Å². The van der Waals surface area contributed by atoms with Crippen LogP contribution in [0.2, 0.25) is 0 Å². The Morgan fingerprint density at radius 3 is 2.88 bits per heavy atom. The van der Waals surface area contributed by atoms with Gasteiger partial charge in [-0.2, -0.15) is 5.26 Å². The molecule has 17 heavy (non-hydrogen) atoms. The van der Waals surface area contributed by atoms with Gasteiger partial charge in [-0.15, -0.1) is 0 Å². The molecule has 0 atom stereocenters. The van der Waals surface area contributed by atoms with Crippen molar-refractivity contribution in [2.24, 2.45) is 0 Å². The molecule has 0 radical (unpaired) electrons. The highest BCUT2D eigenvalue weighted by molar-refractivity contribution is 5.79. The zero-order chi connectivity index (χ0) is 12.0. The largest absolute Gasteiger partial charge is 0.241 e. The Hall–Kier alpha value is -2.21. The van der Waals surface area contributed by atoms with E-state index in [4.69, 9.17) is 0 Å². The Morgan fingerprint density at radius 2 is 2.12 bits per heavy atom. The number of benzene rings is 1. The van der Waals surface area contributed by atoms with Crippen molar-refractivity contribution in [1.29, 1.82) is 5.26 Å². The third-order valence-electron chi connectivity index (χ3n) is 3.26. The first kappa shape index (κ1) is 9.98. The summed E-state index contributed by atoms with van der Waals surface area (Å²) in [5, 5.41) is 9.19. The second kappa shape index (κ2) is 3.39. The fourth-order valence-corrected chi connectivity index (χ4v) is 2.37. The minimum absolute atomic E-state index is 0.711. The third-order valence-corrected chi connectivity index (χ3v) is 3.26. The van der Waals surface area contributed by atoms with Crippen LogP contribution in [0.5, 0.6) is 0 Å². The summed E-state index contributed by atoms with van der Waals surface area (Å²) in [4.78, 5) is 8.71. The first-order chi connectivity index (χ1) is 8.20. The van der Waals surface area contributed by atoms with E-state index in [0.717, 1.165) is 29.1 Å². The van der Waals surface area contributed by atoms with Crippen LogP contribution in [0.15, 0.2) is 18.3 Å². The summed E-state index contributed by atoms with van der Waals surface area (Å²) in [6.45, 7) is 3.95. The number of aryl methyl sites for hydroxylation is 2. The fraction of sp³-hybridized carbons (Fsp3) is 0.214. The van der Waals surface area contributed by atoms with Crippen molar-refractivity contribution < 1.29 is 0 Å². The molecule has 0 saturated heterocycles. The minimum Gasteiger partial charge on any atom is -0.241 e. The standard InChI is InChI=1S/C14H11N3/c1-8-3-4-10(6-15)13-12(8)5-11-7-16-9(2)17-14(11)13/h3-4,7H,5H2,1-2H3. The minimum atomic E-state index is 0.711. The van der Waals surface area contributed by atoms with E-state index in [1.165, 1.54) is 11.1 Å². The van der Waals surface area contributed by atoms with Gasteiger partial charge in [-0.05, 0) is 31.0 Å². The van der Waals surface area contributed by atoms with Gasteiger partial charge in [0.2, 0.25) is 0 Å². The van der Waals surface area contributed by atoms with Crippen LogP contribution in [0.4, 0.5) is 0 Å². The van der Waals surface area contributed by atoms with Gasteiger partial charge < -0.3 is 0 Å². The first-order valence-electron chi connectivity index (χ1n) is 5.56. The number of aromatic nitrogens is 2. The van der Waals surface area contributed by atoms with Crippen LogP contribution in [0.25, 0.3) is 11.3 Å². The van der Waals surface area contributed by atoms with E-state index in [-0.39, 0.29) is 0 Å². The van der Waals surface area contributed by atoms with E-state index in [0.29, 0.717) is 5.56 Å². The van der Waals surface area contributed by atoms with Gasteiger partial charge in [-0.3, -0.25) is 0 Å². The van der Waals surface area contributed by atoms with E-state index in [1.54, 1.807) is 0 Å². The molecular formula is C14H11N3. The molecule has 3 heteroatoms. The van der Waals surface area contributed by atoms with Crippen molar-refractivity contribution in [1.82, 2.24) is 9.97 Å². The van der Waals surface area contributed by atoms with Gasteiger partial charge >= 0.3 is 0 Å². The number of hydrogen-bond acceptors (Lipinski definition) is 3. The van der Waals surface area contributed by atoms with Gasteiger partial charge in [0, 0.05) is 23.7 Å². The molecule has 1 aromatic heterocycles. The molecular weight excluding hydrogens is 210 g/mol. The maximum atomic E-state index is 9.19. The fourth-order valence-electron chi connectivity index (χ4n) is 2.37. The number of hydrogen-bond donors (Lipinski definition) is 0. The van der Waals surface area contributed by atoms with Crippen LogP contribution in [0.1, 0.15) is 28.1 Å². The summed E-state index contributed by atoms with van der Waals surface area (Å²) in [5.74, 6) is 0.752. The van der Waals surface area contributed by atoms with Crippen LogP contribution in [-0.2, 0) is 6.42 Å². The zero-order valence-electron chi connectivity index (χ0n) is 9.78. The lowest BCUT2D eigenvalue weighted by atomic mass is 9.99. The smallest absolute Gasteiger partial charge is 0.125 e. The summed E-state index contributed by atoms with van der Waals surface area (Å²) < 4.78 is 0. The van der Waals surface area contributed by atoms with Crippen LogP contribution in [0.3, 0.4) is 0 Å². The van der Waals surface area contributed by atoms with E-state index in [9.17, 15) is 5.26 Å². The van der Waals surface area contributed by atoms with Crippen molar-refractivity contribution in [3.63, 3.8) is 0 Å². The molecule has 3 nitrogen and oxygen atoms in total. The monoisotopic (exact) mass is 221 g/mol. The van der Waals surface area contributed by atoms with Crippen LogP contribution in [0, 0.1) is 25.2 Å². The van der Waals surface area contributed by atoms with Crippen molar-refractivity contribution in [2.75, 3.05) is 0 Å². The Balaban J connectivity index is 2.38. The molecule has 2 aromatic rings. The molecule has 1 aliphatic carbocycles. The van der Waals surface area contributed by atoms with Crippen molar-refractivity contribution in [3.8, 4) is 17.3 Å². The van der Waals surface area contributed by atoms with E-state index < -0.39 is 0 Å². The maximum absolute atomic E-state index is 9.19. The lowest BCUT2D eigenvalue weighted by Gasteiger charge is -2.05. The SMILES string of the molecule is Cc1ncc2c(n1)-c1c(C#N)ccc(C)c1C2. The first-order valence-corrected chi connectivity index (χ1v) is 5.56. The molecule has 82 valence electrons. The number of rotatable bonds is 0. The average Bonchev–Trinajstić information content (AvgIpc) is 2.70. The molecule has 3 rings (SSSR count). The number of nitrogens with zero attached hydrogens (tertiary/aromatic N) is 3. The predicted molar refractivity (Wildman–Crippen MR) is 64.5 cm³/mol. The molecule has 0 amide bonds. The molecule has 0 aliphatic heterocycles. The van der Waals surface area contributed by atoms with Crippen LogP contribution in [-0.4, -0.2) is 9.97 Å². The summed E-state index contributed by atoms with van der Waals surface area (Å²) in [6, 6.07) is 6.13. The highest BCUT2D eigenvalue weighted by Crippen LogP contribution is 2.38. The van der Waals surface area contributed by atoms with Gasteiger partial charge in [0.25, 0.3) is 0 Å². The van der Waals surface area contributed by atoms with E-state index in [2.05, 4.69) is 23.0 Å². The second-order valence-corrected chi connectivity index (χ2v) is 4.36. The van der Waals surface area contributed by atoms with Gasteiger partial charge in [0.1, 0.15) is 5.82 Å². The predicted octanol–water partition coefficient (Wildman–Crippen LogP) is 2.54. The summed E-state index contributed by atoms with van der Waals surface area (Å²) in [6.07, 6.45) is 2.71. The summed E-state index contributed by atoms with van der Waals surface area (Å²) in [5.41, 5.74) is 6.22. The van der Waals surface area contributed by atoms with Crippen LogP contribution < -0.4 is 0 Å². The third kappa shape index (κ3) is 1.34. The quantitative estimate of drug-likeness (QED) is 0.586. The van der Waals surface area contributed by atoms with Gasteiger partial charge in [0.05, 0.1) is 17.3 Å². The molecule has 0 unspecified atom stereocenters. The highest BCUT2D eigenvalue weighted by Gasteiger charge is 2.24. The molecule has 0 N–H and O–H groups in total. The van der Waals surface area contributed by atoms with E-state index in [1.807, 2.05) is 25.3 Å². The molecule has 0 fully saturated rings. The molecule has 1 aromatic carbocycles. The highest BCUT2D eigenvalue weighted by atomic mass is 14.9. The molecule has 0 spiro atoms. The lowest BCUT2D eigenvalue weighted by Crippen LogP contribution is -1.93. The Labute approximate surface area is 99.8 Å². The Bertz CT molecular complexity index is 666. The van der Waals surface area contributed by atoms with Crippen molar-refractivity contribution >= 4 is 0 Å². The topological polar surface area (TPSA) is 49.6 Å². The van der Waals surface area contributed by atoms with Crippen molar-refractivity contribution in [2.45, 2.75) is 20.3 Å². The van der Waals surface area contributed by atoms with Crippen molar-refractivity contribution in [3.05, 3.63) is 46.4 Å². The Morgan fingerprint density at radius 1 is 1.29 bits per heavy atom. The zero-order valence-corrected chi connectivity index (χ0v) is 9.78. The Kier molecular flexibility index (Phi) is 1.99. The molecule has 1 heterocycles.